The molecular formula is C13H15FN2OS. The van der Waals surface area contributed by atoms with Crippen LogP contribution in [0.5, 0.6) is 5.75 Å². The van der Waals surface area contributed by atoms with Gasteiger partial charge in [0.2, 0.25) is 0 Å². The van der Waals surface area contributed by atoms with Crippen LogP contribution in [0.1, 0.15) is 0 Å². The number of thiazole rings is 1. The molecular weight excluding hydrogens is 251 g/mol. The van der Waals surface area contributed by atoms with Crippen LogP contribution in [0.2, 0.25) is 0 Å². The standard InChI is InChI=1S/C13H15FN2OS/c1-16(2)5-6-17-13-4-3-10(7-11(13)14)12-8-18-9-15-12/h3-4,7-9H,5-6H2,1-2H3. The zero-order chi connectivity index (χ0) is 13.0. The van der Waals surface area contributed by atoms with Gasteiger partial charge in [-0.15, -0.1) is 11.3 Å². The Hall–Kier alpha value is -1.46. The highest BCUT2D eigenvalue weighted by Gasteiger charge is 2.07. The molecule has 0 fully saturated rings. The predicted octanol–water partition coefficient (Wildman–Crippen LogP) is 2.89. The van der Waals surface area contributed by atoms with E-state index in [2.05, 4.69) is 4.98 Å². The number of likely N-dealkylation sites (N-methyl/N-ethyl adjacent to an activating group) is 1. The lowest BCUT2D eigenvalue weighted by Crippen LogP contribution is -2.19. The molecule has 3 nitrogen and oxygen atoms in total. The van der Waals surface area contributed by atoms with Crippen molar-refractivity contribution in [3.63, 3.8) is 0 Å². The smallest absolute Gasteiger partial charge is 0.165 e. The maximum absolute atomic E-state index is 13.8. The maximum atomic E-state index is 13.8. The third-order valence-corrected chi connectivity index (χ3v) is 3.04. The van der Waals surface area contributed by atoms with Gasteiger partial charge in [-0.05, 0) is 32.3 Å². The fourth-order valence-corrected chi connectivity index (χ4v) is 2.03. The van der Waals surface area contributed by atoms with Crippen molar-refractivity contribution in [3.05, 3.63) is 34.9 Å². The van der Waals surface area contributed by atoms with E-state index in [1.54, 1.807) is 11.6 Å². The monoisotopic (exact) mass is 266 g/mol. The average Bonchev–Trinajstić information content (AvgIpc) is 2.84. The van der Waals surface area contributed by atoms with Crippen molar-refractivity contribution < 1.29 is 9.13 Å². The first-order valence-electron chi connectivity index (χ1n) is 5.62. The van der Waals surface area contributed by atoms with Crippen molar-refractivity contribution in [3.8, 4) is 17.0 Å². The highest BCUT2D eigenvalue weighted by atomic mass is 32.1. The fourth-order valence-electron chi connectivity index (χ4n) is 1.47. The summed E-state index contributed by atoms with van der Waals surface area (Å²) in [6.07, 6.45) is 0. The molecule has 0 spiro atoms. The van der Waals surface area contributed by atoms with Gasteiger partial charge in [-0.2, -0.15) is 0 Å². The number of aromatic nitrogens is 1. The highest BCUT2D eigenvalue weighted by Crippen LogP contribution is 2.25. The Morgan fingerprint density at radius 3 is 2.83 bits per heavy atom. The second-order valence-electron chi connectivity index (χ2n) is 4.17. The topological polar surface area (TPSA) is 25.4 Å². The zero-order valence-corrected chi connectivity index (χ0v) is 11.2. The van der Waals surface area contributed by atoms with Crippen LogP contribution in [0, 0.1) is 5.82 Å². The Labute approximate surface area is 110 Å². The molecule has 18 heavy (non-hydrogen) atoms. The summed E-state index contributed by atoms with van der Waals surface area (Å²) in [5.41, 5.74) is 3.29. The van der Waals surface area contributed by atoms with Gasteiger partial charge in [0, 0.05) is 17.5 Å². The third-order valence-electron chi connectivity index (χ3n) is 2.46. The van der Waals surface area contributed by atoms with Gasteiger partial charge in [0.1, 0.15) is 6.61 Å². The fraction of sp³-hybridized carbons (Fsp3) is 0.308. The summed E-state index contributed by atoms with van der Waals surface area (Å²) in [5, 5.41) is 1.89. The first-order valence-corrected chi connectivity index (χ1v) is 6.57. The quantitative estimate of drug-likeness (QED) is 0.832. The van der Waals surface area contributed by atoms with Crippen LogP contribution in [0.4, 0.5) is 4.39 Å². The summed E-state index contributed by atoms with van der Waals surface area (Å²) in [5.74, 6) is -0.0601. The van der Waals surface area contributed by atoms with Gasteiger partial charge in [0.15, 0.2) is 11.6 Å². The molecule has 0 amide bonds. The number of hydrogen-bond acceptors (Lipinski definition) is 4. The largest absolute Gasteiger partial charge is 0.489 e. The van der Waals surface area contributed by atoms with Crippen molar-refractivity contribution in [2.75, 3.05) is 27.2 Å². The molecule has 2 rings (SSSR count). The number of rotatable bonds is 5. The van der Waals surface area contributed by atoms with E-state index in [9.17, 15) is 4.39 Å². The summed E-state index contributed by atoms with van der Waals surface area (Å²) < 4.78 is 19.2. The number of hydrogen-bond donors (Lipinski definition) is 0. The molecule has 2 aromatic rings. The van der Waals surface area contributed by atoms with Crippen LogP contribution in [-0.4, -0.2) is 37.1 Å². The van der Waals surface area contributed by atoms with Gasteiger partial charge in [0.25, 0.3) is 0 Å². The van der Waals surface area contributed by atoms with Gasteiger partial charge in [0.05, 0.1) is 11.2 Å². The number of halogens is 1. The molecule has 1 aromatic heterocycles. The minimum absolute atomic E-state index is 0.288. The third kappa shape index (κ3) is 3.27. The Morgan fingerprint density at radius 2 is 2.22 bits per heavy atom. The van der Waals surface area contributed by atoms with Gasteiger partial charge < -0.3 is 9.64 Å². The normalized spacial score (nSPS) is 10.9. The lowest BCUT2D eigenvalue weighted by Gasteiger charge is -2.11. The summed E-state index contributed by atoms with van der Waals surface area (Å²) >= 11 is 1.49. The molecule has 0 N–H and O–H groups in total. The molecule has 0 aliphatic carbocycles. The van der Waals surface area contributed by atoms with Gasteiger partial charge in [-0.3, -0.25) is 0 Å². The predicted molar refractivity (Wildman–Crippen MR) is 71.6 cm³/mol. The molecule has 96 valence electrons. The molecule has 0 aliphatic rings. The molecule has 0 radical (unpaired) electrons. The SMILES string of the molecule is CN(C)CCOc1ccc(-c2cscn2)cc1F. The first-order chi connectivity index (χ1) is 8.66. The van der Waals surface area contributed by atoms with Crippen LogP contribution in [-0.2, 0) is 0 Å². The molecule has 0 bridgehead atoms. The van der Waals surface area contributed by atoms with Gasteiger partial charge >= 0.3 is 0 Å². The number of nitrogens with zero attached hydrogens (tertiary/aromatic N) is 2. The average molecular weight is 266 g/mol. The molecule has 0 atom stereocenters. The molecule has 1 aromatic carbocycles. The molecule has 0 aliphatic heterocycles. The second kappa shape index (κ2) is 5.93. The Balaban J connectivity index is 2.06. The van der Waals surface area contributed by atoms with Crippen molar-refractivity contribution >= 4 is 11.3 Å². The molecule has 0 unspecified atom stereocenters. The van der Waals surface area contributed by atoms with E-state index in [1.807, 2.05) is 30.4 Å². The number of ether oxygens (including phenoxy) is 1. The van der Waals surface area contributed by atoms with Crippen LogP contribution in [0.15, 0.2) is 29.1 Å². The van der Waals surface area contributed by atoms with Crippen LogP contribution < -0.4 is 4.74 Å². The van der Waals surface area contributed by atoms with E-state index < -0.39 is 0 Å². The lowest BCUT2D eigenvalue weighted by atomic mass is 10.1. The molecule has 0 saturated heterocycles. The van der Waals surface area contributed by atoms with Gasteiger partial charge in [-0.25, -0.2) is 9.37 Å². The maximum Gasteiger partial charge on any atom is 0.165 e. The lowest BCUT2D eigenvalue weighted by molar-refractivity contribution is 0.252. The van der Waals surface area contributed by atoms with E-state index in [4.69, 9.17) is 4.74 Å². The summed E-state index contributed by atoms with van der Waals surface area (Å²) in [4.78, 5) is 6.13. The van der Waals surface area contributed by atoms with Crippen molar-refractivity contribution in [1.29, 1.82) is 0 Å². The Kier molecular flexibility index (Phi) is 4.28. The second-order valence-corrected chi connectivity index (χ2v) is 4.89. The Bertz CT molecular complexity index is 500. The molecule has 5 heteroatoms. The summed E-state index contributed by atoms with van der Waals surface area (Å²) in [6, 6.07) is 4.93. The van der Waals surface area contributed by atoms with Crippen LogP contribution in [0.25, 0.3) is 11.3 Å². The summed E-state index contributed by atoms with van der Waals surface area (Å²) in [7, 11) is 3.90. The first kappa shape index (κ1) is 13.0. The van der Waals surface area contributed by atoms with Crippen LogP contribution in [0.3, 0.4) is 0 Å². The van der Waals surface area contributed by atoms with E-state index in [0.29, 0.717) is 6.61 Å². The Morgan fingerprint density at radius 1 is 1.39 bits per heavy atom. The van der Waals surface area contributed by atoms with Gasteiger partial charge in [-0.1, -0.05) is 0 Å². The molecule has 0 saturated carbocycles. The van der Waals surface area contributed by atoms with E-state index >= 15 is 0 Å². The summed E-state index contributed by atoms with van der Waals surface area (Å²) in [6.45, 7) is 1.23. The van der Waals surface area contributed by atoms with E-state index in [0.717, 1.165) is 17.8 Å². The van der Waals surface area contributed by atoms with Crippen molar-refractivity contribution in [2.24, 2.45) is 0 Å². The minimum atomic E-state index is -0.348. The van der Waals surface area contributed by atoms with Crippen molar-refractivity contribution in [1.82, 2.24) is 9.88 Å². The number of benzene rings is 1. The zero-order valence-electron chi connectivity index (χ0n) is 10.4. The van der Waals surface area contributed by atoms with Crippen LogP contribution >= 0.6 is 11.3 Å². The van der Waals surface area contributed by atoms with Crippen molar-refractivity contribution in [2.45, 2.75) is 0 Å². The minimum Gasteiger partial charge on any atom is -0.489 e. The van der Waals surface area contributed by atoms with E-state index in [-0.39, 0.29) is 11.6 Å². The molecule has 1 heterocycles. The highest BCUT2D eigenvalue weighted by molar-refractivity contribution is 7.07. The van der Waals surface area contributed by atoms with E-state index in [1.165, 1.54) is 17.4 Å².